The molecule has 36 heavy (non-hydrogen) atoms. The zero-order valence-corrected chi connectivity index (χ0v) is 22.2. The number of hydrogen-bond donors (Lipinski definition) is 2. The molecule has 1 aliphatic heterocycles. The summed E-state index contributed by atoms with van der Waals surface area (Å²) in [6.45, 7) is 7.83. The molecular formula is C28H35ClN4O3. The van der Waals surface area contributed by atoms with Gasteiger partial charge in [0.1, 0.15) is 5.82 Å². The molecule has 2 N–H and O–H groups in total. The average molecular weight is 511 g/mol. The fourth-order valence-electron chi connectivity index (χ4n) is 4.59. The molecule has 192 valence electrons. The first-order chi connectivity index (χ1) is 17.1. The zero-order chi connectivity index (χ0) is 25.9. The van der Waals surface area contributed by atoms with Gasteiger partial charge in [-0.05, 0) is 53.5 Å². The Balaban J connectivity index is 1.45. The molecule has 7 nitrogen and oxygen atoms in total. The van der Waals surface area contributed by atoms with E-state index < -0.39 is 5.97 Å². The van der Waals surface area contributed by atoms with Crippen molar-refractivity contribution in [3.8, 4) is 5.88 Å². The summed E-state index contributed by atoms with van der Waals surface area (Å²) >= 11 is 6.54. The number of nitrogens with zero attached hydrogens (tertiary/aromatic N) is 3. The molecule has 0 saturated heterocycles. The van der Waals surface area contributed by atoms with E-state index in [4.69, 9.17) is 21.3 Å². The van der Waals surface area contributed by atoms with Gasteiger partial charge in [-0.2, -0.15) is 5.10 Å². The first-order valence-electron chi connectivity index (χ1n) is 12.5. The van der Waals surface area contributed by atoms with Crippen LogP contribution in [0.15, 0.2) is 36.4 Å². The van der Waals surface area contributed by atoms with Gasteiger partial charge in [0.2, 0.25) is 5.88 Å². The van der Waals surface area contributed by atoms with Crippen LogP contribution >= 0.6 is 11.6 Å². The van der Waals surface area contributed by atoms with Gasteiger partial charge in [0.25, 0.3) is 0 Å². The Morgan fingerprint density at radius 2 is 2.03 bits per heavy atom. The van der Waals surface area contributed by atoms with Gasteiger partial charge in [-0.1, -0.05) is 50.6 Å². The first kappa shape index (κ1) is 26.0. The number of ether oxygens (including phenoxy) is 1. The predicted octanol–water partition coefficient (Wildman–Crippen LogP) is 5.55. The van der Waals surface area contributed by atoms with Crippen molar-refractivity contribution in [3.05, 3.63) is 69.5 Å². The Hall–Kier alpha value is -3.06. The number of carboxylic acid groups (broad SMARTS) is 1. The van der Waals surface area contributed by atoms with E-state index in [1.807, 2.05) is 31.3 Å². The minimum atomic E-state index is -0.864. The summed E-state index contributed by atoms with van der Waals surface area (Å²) in [6, 6.07) is 12.0. The first-order valence-corrected chi connectivity index (χ1v) is 12.9. The molecule has 0 amide bonds. The van der Waals surface area contributed by atoms with E-state index in [2.05, 4.69) is 43.3 Å². The Labute approximate surface area is 217 Å². The Morgan fingerprint density at radius 1 is 1.22 bits per heavy atom. The van der Waals surface area contributed by atoms with Crippen LogP contribution in [0.2, 0.25) is 5.02 Å². The number of fused-ring (bicyclic) bond motifs is 1. The quantitative estimate of drug-likeness (QED) is 0.392. The lowest BCUT2D eigenvalue weighted by Gasteiger charge is -2.23. The third-order valence-electron chi connectivity index (χ3n) is 6.63. The number of hydrogen-bond acceptors (Lipinski definition) is 5. The Morgan fingerprint density at radius 3 is 2.78 bits per heavy atom. The number of carbonyl (C=O) groups is 1. The van der Waals surface area contributed by atoms with Crippen LogP contribution in [0.25, 0.3) is 0 Å². The fourth-order valence-corrected chi connectivity index (χ4v) is 4.86. The third-order valence-corrected chi connectivity index (χ3v) is 6.97. The normalized spacial score (nSPS) is 14.1. The zero-order valence-electron chi connectivity index (χ0n) is 21.5. The number of aryl methyl sites for hydroxylation is 2. The summed E-state index contributed by atoms with van der Waals surface area (Å²) in [5.41, 5.74) is 4.92. The van der Waals surface area contributed by atoms with Crippen LogP contribution in [0.3, 0.4) is 0 Å². The van der Waals surface area contributed by atoms with Gasteiger partial charge in [-0.25, -0.2) is 9.67 Å². The van der Waals surface area contributed by atoms with Crippen molar-refractivity contribution in [1.29, 1.82) is 0 Å². The van der Waals surface area contributed by atoms with Crippen LogP contribution in [-0.2, 0) is 36.5 Å². The Bertz CT molecular complexity index is 1230. The summed E-state index contributed by atoms with van der Waals surface area (Å²) in [5.74, 6) is 0.467. The molecule has 1 atom stereocenters. The van der Waals surface area contributed by atoms with Gasteiger partial charge < -0.3 is 15.2 Å². The van der Waals surface area contributed by atoms with E-state index in [0.29, 0.717) is 30.4 Å². The van der Waals surface area contributed by atoms with E-state index in [9.17, 15) is 9.90 Å². The standard InChI is InChI=1S/C28H35ClN4O3/c1-28(2,3)20-8-10-24(29)23(16-20)19(15-26(34)35)14-22-17-25(33(4)32-22)36-13-11-21-9-7-18-6-5-12-30-27(18)31-21/h7-10,16-17,19H,5-6,11-15H2,1-4H3,(H,30,31)(H,34,35). The van der Waals surface area contributed by atoms with Crippen LogP contribution in [-0.4, -0.2) is 39.0 Å². The van der Waals surface area contributed by atoms with Crippen LogP contribution in [0, 0.1) is 0 Å². The smallest absolute Gasteiger partial charge is 0.303 e. The number of carboxylic acids is 1. The number of pyridine rings is 1. The van der Waals surface area contributed by atoms with E-state index in [0.717, 1.165) is 47.7 Å². The largest absolute Gasteiger partial charge is 0.481 e. The summed E-state index contributed by atoms with van der Waals surface area (Å²) in [5, 5.41) is 18.1. The van der Waals surface area contributed by atoms with Crippen LogP contribution in [0.5, 0.6) is 5.88 Å². The second-order valence-corrected chi connectivity index (χ2v) is 10.9. The van der Waals surface area contributed by atoms with Crippen molar-refractivity contribution < 1.29 is 14.6 Å². The molecule has 8 heteroatoms. The van der Waals surface area contributed by atoms with Crippen LogP contribution in [0.4, 0.5) is 5.82 Å². The van der Waals surface area contributed by atoms with E-state index in [-0.39, 0.29) is 17.8 Å². The maximum atomic E-state index is 11.7. The maximum absolute atomic E-state index is 11.7. The monoisotopic (exact) mass is 510 g/mol. The number of aliphatic carboxylic acids is 1. The highest BCUT2D eigenvalue weighted by Crippen LogP contribution is 2.34. The second kappa shape index (κ2) is 10.9. The van der Waals surface area contributed by atoms with E-state index in [1.165, 1.54) is 5.56 Å². The van der Waals surface area contributed by atoms with Crippen molar-refractivity contribution in [2.75, 3.05) is 18.5 Å². The highest BCUT2D eigenvalue weighted by molar-refractivity contribution is 6.31. The van der Waals surface area contributed by atoms with Crippen molar-refractivity contribution in [2.45, 2.75) is 64.2 Å². The van der Waals surface area contributed by atoms with Crippen molar-refractivity contribution in [2.24, 2.45) is 7.05 Å². The van der Waals surface area contributed by atoms with Gasteiger partial charge in [-0.3, -0.25) is 4.79 Å². The number of halogens is 1. The van der Waals surface area contributed by atoms with Crippen molar-refractivity contribution in [1.82, 2.24) is 14.8 Å². The number of anilines is 1. The van der Waals surface area contributed by atoms with Crippen LogP contribution < -0.4 is 10.1 Å². The predicted molar refractivity (Wildman–Crippen MR) is 142 cm³/mol. The SMILES string of the molecule is Cn1nc(CC(CC(=O)O)c2cc(C(C)(C)C)ccc2Cl)cc1OCCc1ccc2c(n1)NCCC2. The molecule has 3 heterocycles. The highest BCUT2D eigenvalue weighted by Gasteiger charge is 2.24. The summed E-state index contributed by atoms with van der Waals surface area (Å²) < 4.78 is 7.72. The average Bonchev–Trinajstić information content (AvgIpc) is 3.16. The lowest BCUT2D eigenvalue weighted by molar-refractivity contribution is -0.137. The van der Waals surface area contributed by atoms with E-state index in [1.54, 1.807) is 4.68 Å². The molecule has 4 rings (SSSR count). The second-order valence-electron chi connectivity index (χ2n) is 10.5. The third kappa shape index (κ3) is 6.38. The fraction of sp³-hybridized carbons (Fsp3) is 0.464. The molecule has 1 aromatic carbocycles. The van der Waals surface area contributed by atoms with Crippen molar-refractivity contribution in [3.63, 3.8) is 0 Å². The molecule has 0 aliphatic carbocycles. The molecular weight excluding hydrogens is 476 g/mol. The molecule has 0 saturated carbocycles. The molecule has 1 unspecified atom stereocenters. The number of aromatic nitrogens is 3. The number of nitrogens with one attached hydrogen (secondary N) is 1. The summed E-state index contributed by atoms with van der Waals surface area (Å²) in [6.07, 6.45) is 3.32. The minimum Gasteiger partial charge on any atom is -0.481 e. The van der Waals surface area contributed by atoms with E-state index >= 15 is 0 Å². The molecule has 0 fully saturated rings. The lowest BCUT2D eigenvalue weighted by atomic mass is 9.83. The molecule has 1 aliphatic rings. The van der Waals surface area contributed by atoms with Gasteiger partial charge in [-0.15, -0.1) is 0 Å². The molecule has 3 aromatic rings. The van der Waals surface area contributed by atoms with Gasteiger partial charge in [0.15, 0.2) is 0 Å². The number of benzene rings is 1. The summed E-state index contributed by atoms with van der Waals surface area (Å²) in [4.78, 5) is 16.4. The lowest BCUT2D eigenvalue weighted by Crippen LogP contribution is -2.14. The number of rotatable bonds is 9. The van der Waals surface area contributed by atoms with Gasteiger partial charge >= 0.3 is 5.97 Å². The molecule has 0 bridgehead atoms. The van der Waals surface area contributed by atoms with Crippen LogP contribution in [0.1, 0.15) is 67.6 Å². The molecule has 2 aromatic heterocycles. The van der Waals surface area contributed by atoms with Gasteiger partial charge in [0.05, 0.1) is 18.7 Å². The van der Waals surface area contributed by atoms with Gasteiger partial charge in [0, 0.05) is 42.7 Å². The Kier molecular flexibility index (Phi) is 7.88. The topological polar surface area (TPSA) is 89.3 Å². The summed E-state index contributed by atoms with van der Waals surface area (Å²) in [7, 11) is 1.83. The maximum Gasteiger partial charge on any atom is 0.303 e. The highest BCUT2D eigenvalue weighted by atomic mass is 35.5. The molecule has 0 radical (unpaired) electrons. The molecule has 0 spiro atoms. The van der Waals surface area contributed by atoms with Crippen molar-refractivity contribution >= 4 is 23.4 Å². The minimum absolute atomic E-state index is 0.0296.